The zero-order valence-corrected chi connectivity index (χ0v) is 12.8. The van der Waals surface area contributed by atoms with E-state index >= 15 is 0 Å². The van der Waals surface area contributed by atoms with Crippen molar-refractivity contribution in [1.29, 1.82) is 0 Å². The van der Waals surface area contributed by atoms with E-state index in [2.05, 4.69) is 0 Å². The minimum absolute atomic E-state index is 0.0466. The number of ether oxygens (including phenoxy) is 2. The van der Waals surface area contributed by atoms with Gasteiger partial charge in [0.2, 0.25) is 0 Å². The number of hydrogen-bond donors (Lipinski definition) is 2. The molecule has 0 radical (unpaired) electrons. The van der Waals surface area contributed by atoms with E-state index in [4.69, 9.17) is 20.3 Å². The summed E-state index contributed by atoms with van der Waals surface area (Å²) in [5, 5.41) is 9.01. The first kappa shape index (κ1) is 17.1. The van der Waals surface area contributed by atoms with Crippen LogP contribution in [0.1, 0.15) is 23.7 Å². The molecule has 0 heterocycles. The van der Waals surface area contributed by atoms with Crippen LogP contribution in [0.4, 0.5) is 5.69 Å². The smallest absolute Gasteiger partial charge is 0.337 e. The Morgan fingerprint density at radius 1 is 1.29 bits per heavy atom. The van der Waals surface area contributed by atoms with Crippen LogP contribution in [0.25, 0.3) is 0 Å². The van der Waals surface area contributed by atoms with Crippen molar-refractivity contribution in [2.24, 2.45) is 0 Å². The third-order valence-electron chi connectivity index (χ3n) is 2.73. The molecule has 118 valence electrons. The van der Waals surface area contributed by atoms with Crippen molar-refractivity contribution < 1.29 is 27.8 Å². The van der Waals surface area contributed by atoms with E-state index in [1.807, 2.05) is 0 Å². The lowest BCUT2D eigenvalue weighted by Crippen LogP contribution is -2.17. The van der Waals surface area contributed by atoms with Crippen LogP contribution in [0.15, 0.2) is 12.1 Å². The number of nitrogens with two attached hydrogens (primary N) is 1. The van der Waals surface area contributed by atoms with Crippen molar-refractivity contribution in [1.82, 2.24) is 0 Å². The molecule has 0 aliphatic rings. The molecule has 1 aromatic carbocycles. The first-order chi connectivity index (χ1) is 9.80. The van der Waals surface area contributed by atoms with Crippen LogP contribution in [0.3, 0.4) is 0 Å². The molecule has 0 saturated heterocycles. The predicted molar refractivity (Wildman–Crippen MR) is 78.8 cm³/mol. The van der Waals surface area contributed by atoms with Gasteiger partial charge < -0.3 is 20.3 Å². The van der Waals surface area contributed by atoms with Crippen molar-refractivity contribution in [3.8, 4) is 11.5 Å². The summed E-state index contributed by atoms with van der Waals surface area (Å²) in [6, 6.07) is 2.56. The number of sulfone groups is 1. The van der Waals surface area contributed by atoms with Crippen molar-refractivity contribution in [3.63, 3.8) is 0 Å². The Balaban J connectivity index is 2.87. The van der Waals surface area contributed by atoms with Gasteiger partial charge in [0, 0.05) is 12.1 Å². The number of benzene rings is 1. The van der Waals surface area contributed by atoms with Crippen LogP contribution in [-0.4, -0.2) is 44.7 Å². The van der Waals surface area contributed by atoms with Gasteiger partial charge in [-0.3, -0.25) is 0 Å². The van der Waals surface area contributed by atoms with Crippen LogP contribution in [0.5, 0.6) is 11.5 Å². The molecule has 0 atom stereocenters. The maximum absolute atomic E-state index is 11.6. The van der Waals surface area contributed by atoms with Gasteiger partial charge in [-0.1, -0.05) is 6.92 Å². The molecule has 0 aliphatic carbocycles. The Kier molecular flexibility index (Phi) is 5.83. The molecule has 8 heteroatoms. The molecule has 1 rings (SSSR count). The molecule has 0 saturated carbocycles. The highest BCUT2D eigenvalue weighted by atomic mass is 32.2. The molecular weight excluding hydrogens is 298 g/mol. The van der Waals surface area contributed by atoms with Crippen LogP contribution in [-0.2, 0) is 9.84 Å². The van der Waals surface area contributed by atoms with Gasteiger partial charge in [-0.25, -0.2) is 13.2 Å². The van der Waals surface area contributed by atoms with Crippen molar-refractivity contribution in [2.45, 2.75) is 13.3 Å². The van der Waals surface area contributed by atoms with Gasteiger partial charge in [-0.2, -0.15) is 0 Å². The summed E-state index contributed by atoms with van der Waals surface area (Å²) in [6.45, 7) is 1.70. The van der Waals surface area contributed by atoms with E-state index in [0.29, 0.717) is 6.42 Å². The summed E-state index contributed by atoms with van der Waals surface area (Å²) in [5.74, 6) is -0.841. The van der Waals surface area contributed by atoms with Gasteiger partial charge in [0.05, 0.1) is 29.9 Å². The fraction of sp³-hybridized carbons (Fsp3) is 0.462. The standard InChI is InChI=1S/C13H19NO6S/c1-3-5-21(17,18)6-4-20-12-7-9(13(15)16)10(14)8-11(12)19-2/h7-8H,3-6,14H2,1-2H3,(H,15,16). The van der Waals surface area contributed by atoms with Gasteiger partial charge in [-0.15, -0.1) is 0 Å². The average molecular weight is 317 g/mol. The Labute approximate surface area is 123 Å². The van der Waals surface area contributed by atoms with Crippen molar-refractivity contribution in [3.05, 3.63) is 17.7 Å². The van der Waals surface area contributed by atoms with E-state index in [1.165, 1.54) is 19.2 Å². The Bertz CT molecular complexity index is 611. The number of aromatic carboxylic acids is 1. The van der Waals surface area contributed by atoms with Gasteiger partial charge in [0.25, 0.3) is 0 Å². The summed E-state index contributed by atoms with van der Waals surface area (Å²) in [4.78, 5) is 11.0. The van der Waals surface area contributed by atoms with E-state index < -0.39 is 15.8 Å². The van der Waals surface area contributed by atoms with E-state index in [-0.39, 0.29) is 40.9 Å². The number of hydrogen-bond acceptors (Lipinski definition) is 6. The van der Waals surface area contributed by atoms with Gasteiger partial charge in [0.1, 0.15) is 6.61 Å². The first-order valence-electron chi connectivity index (χ1n) is 6.34. The molecular formula is C13H19NO6S. The monoisotopic (exact) mass is 317 g/mol. The molecule has 0 fully saturated rings. The number of anilines is 1. The molecule has 0 bridgehead atoms. The number of nitrogen functional groups attached to an aromatic ring is 1. The van der Waals surface area contributed by atoms with E-state index in [1.54, 1.807) is 6.92 Å². The molecule has 3 N–H and O–H groups in total. The Morgan fingerprint density at radius 2 is 1.95 bits per heavy atom. The quantitative estimate of drug-likeness (QED) is 0.691. The Morgan fingerprint density at radius 3 is 2.48 bits per heavy atom. The second kappa shape index (κ2) is 7.16. The number of methoxy groups -OCH3 is 1. The summed E-state index contributed by atoms with van der Waals surface area (Å²) < 4.78 is 33.5. The fourth-order valence-electron chi connectivity index (χ4n) is 1.72. The van der Waals surface area contributed by atoms with Gasteiger partial charge >= 0.3 is 5.97 Å². The summed E-state index contributed by atoms with van der Waals surface area (Å²) in [7, 11) is -1.78. The molecule has 0 unspecified atom stereocenters. The largest absolute Gasteiger partial charge is 0.493 e. The lowest BCUT2D eigenvalue weighted by atomic mass is 10.1. The van der Waals surface area contributed by atoms with E-state index in [0.717, 1.165) is 0 Å². The fourth-order valence-corrected chi connectivity index (χ4v) is 2.89. The van der Waals surface area contributed by atoms with E-state index in [9.17, 15) is 13.2 Å². The summed E-state index contributed by atoms with van der Waals surface area (Å²) in [5.41, 5.74) is 5.52. The lowest BCUT2D eigenvalue weighted by Gasteiger charge is -2.13. The van der Waals surface area contributed by atoms with Crippen molar-refractivity contribution in [2.75, 3.05) is 31.0 Å². The maximum Gasteiger partial charge on any atom is 0.337 e. The summed E-state index contributed by atoms with van der Waals surface area (Å²) >= 11 is 0. The molecule has 0 spiro atoms. The van der Waals surface area contributed by atoms with Crippen LogP contribution in [0.2, 0.25) is 0 Å². The Hall–Kier alpha value is -1.96. The third kappa shape index (κ3) is 4.82. The lowest BCUT2D eigenvalue weighted by molar-refractivity contribution is 0.0697. The average Bonchev–Trinajstić information content (AvgIpc) is 2.39. The van der Waals surface area contributed by atoms with Crippen LogP contribution in [0, 0.1) is 0 Å². The number of rotatable bonds is 8. The normalized spacial score (nSPS) is 11.1. The summed E-state index contributed by atoms with van der Waals surface area (Å²) in [6.07, 6.45) is 0.538. The molecule has 0 aromatic heterocycles. The topological polar surface area (TPSA) is 116 Å². The highest BCUT2D eigenvalue weighted by Gasteiger charge is 2.16. The highest BCUT2D eigenvalue weighted by Crippen LogP contribution is 2.32. The first-order valence-corrected chi connectivity index (χ1v) is 8.17. The molecule has 7 nitrogen and oxygen atoms in total. The minimum atomic E-state index is -3.16. The number of carboxylic acids is 1. The maximum atomic E-state index is 11.6. The van der Waals surface area contributed by atoms with Gasteiger partial charge in [-0.05, 0) is 6.42 Å². The van der Waals surface area contributed by atoms with Gasteiger partial charge in [0.15, 0.2) is 21.3 Å². The SMILES string of the molecule is CCCS(=O)(=O)CCOc1cc(C(=O)O)c(N)cc1OC. The van der Waals surface area contributed by atoms with Crippen molar-refractivity contribution >= 4 is 21.5 Å². The van der Waals surface area contributed by atoms with Crippen LogP contribution >= 0.6 is 0 Å². The second-order valence-electron chi connectivity index (χ2n) is 4.40. The van der Waals surface area contributed by atoms with Crippen LogP contribution < -0.4 is 15.2 Å². The molecule has 0 amide bonds. The number of carboxylic acid groups (broad SMARTS) is 1. The third-order valence-corrected chi connectivity index (χ3v) is 4.55. The molecule has 1 aromatic rings. The zero-order chi connectivity index (χ0) is 16.0. The number of carbonyl (C=O) groups is 1. The zero-order valence-electron chi connectivity index (χ0n) is 12.0. The minimum Gasteiger partial charge on any atom is -0.493 e. The molecule has 0 aliphatic heterocycles. The predicted octanol–water partition coefficient (Wildman–Crippen LogP) is 1.18. The highest BCUT2D eigenvalue weighted by molar-refractivity contribution is 7.91. The second-order valence-corrected chi connectivity index (χ2v) is 6.70. The molecule has 21 heavy (non-hydrogen) atoms.